The molecule has 0 aromatic heterocycles. The van der Waals surface area contributed by atoms with Crippen molar-refractivity contribution in [3.8, 4) is 0 Å². The molecule has 9 heteroatoms. The zero-order chi connectivity index (χ0) is 18.9. The Balaban J connectivity index is 1.87. The normalized spacial score (nSPS) is 17.4. The van der Waals surface area contributed by atoms with Gasteiger partial charge in [0.1, 0.15) is 11.9 Å². The monoisotopic (exact) mass is 396 g/mol. The van der Waals surface area contributed by atoms with Crippen LogP contribution >= 0.6 is 11.6 Å². The molecule has 1 saturated heterocycles. The number of benzene rings is 2. The topological polar surface area (TPSA) is 83.6 Å². The standard InChI is InChI=1S/C17H14ClFN2O4S/c18-11-1-5-13(6-2-11)20-17(23)15-9-10-16(22)21(15)26(24,25)14-7-3-12(19)4-8-14/h1-8,15H,9-10H2,(H,20,23)/t15-/m1/s1. The number of hydrogen-bond acceptors (Lipinski definition) is 4. The number of sulfonamides is 1. The summed E-state index contributed by atoms with van der Waals surface area (Å²) in [5.74, 6) is -1.90. The minimum atomic E-state index is -4.26. The quantitative estimate of drug-likeness (QED) is 0.861. The zero-order valence-electron chi connectivity index (χ0n) is 13.4. The lowest BCUT2D eigenvalue weighted by atomic mass is 10.2. The first-order valence-electron chi connectivity index (χ1n) is 7.68. The first-order valence-corrected chi connectivity index (χ1v) is 9.50. The van der Waals surface area contributed by atoms with Crippen molar-refractivity contribution in [1.29, 1.82) is 0 Å². The van der Waals surface area contributed by atoms with E-state index in [0.29, 0.717) is 15.0 Å². The van der Waals surface area contributed by atoms with Gasteiger partial charge in [-0.1, -0.05) is 11.6 Å². The van der Waals surface area contributed by atoms with E-state index in [1.807, 2.05) is 0 Å². The van der Waals surface area contributed by atoms with Crippen LogP contribution in [0.25, 0.3) is 0 Å². The molecular weight excluding hydrogens is 383 g/mol. The average Bonchev–Trinajstić information content (AvgIpc) is 3.00. The second-order valence-electron chi connectivity index (χ2n) is 5.70. The number of nitrogens with one attached hydrogen (secondary N) is 1. The van der Waals surface area contributed by atoms with E-state index in [1.54, 1.807) is 24.3 Å². The first kappa shape index (κ1) is 18.3. The van der Waals surface area contributed by atoms with Gasteiger partial charge in [-0.15, -0.1) is 0 Å². The van der Waals surface area contributed by atoms with E-state index in [4.69, 9.17) is 11.6 Å². The van der Waals surface area contributed by atoms with Gasteiger partial charge >= 0.3 is 0 Å². The van der Waals surface area contributed by atoms with Crippen LogP contribution in [0, 0.1) is 5.82 Å². The third-order valence-corrected chi connectivity index (χ3v) is 6.04. The largest absolute Gasteiger partial charge is 0.324 e. The highest BCUT2D eigenvalue weighted by Gasteiger charge is 2.44. The van der Waals surface area contributed by atoms with E-state index in [9.17, 15) is 22.4 Å². The van der Waals surface area contributed by atoms with E-state index >= 15 is 0 Å². The number of halogens is 2. The molecule has 3 rings (SSSR count). The smallest absolute Gasteiger partial charge is 0.267 e. The highest BCUT2D eigenvalue weighted by molar-refractivity contribution is 7.89. The van der Waals surface area contributed by atoms with Gasteiger partial charge in [0.05, 0.1) is 4.90 Å². The number of carbonyl (C=O) groups is 2. The molecule has 1 N–H and O–H groups in total. The maximum Gasteiger partial charge on any atom is 0.267 e. The fourth-order valence-corrected chi connectivity index (χ4v) is 4.41. The Bertz CT molecular complexity index is 946. The second kappa shape index (κ2) is 7.05. The highest BCUT2D eigenvalue weighted by atomic mass is 35.5. The van der Waals surface area contributed by atoms with Crippen molar-refractivity contribution in [2.75, 3.05) is 5.32 Å². The summed E-state index contributed by atoms with van der Waals surface area (Å²) in [7, 11) is -4.26. The van der Waals surface area contributed by atoms with Crippen molar-refractivity contribution in [1.82, 2.24) is 4.31 Å². The summed E-state index contributed by atoms with van der Waals surface area (Å²) in [5.41, 5.74) is 0.429. The zero-order valence-corrected chi connectivity index (χ0v) is 14.9. The maximum absolute atomic E-state index is 13.1. The van der Waals surface area contributed by atoms with Gasteiger partial charge in [0.2, 0.25) is 11.8 Å². The molecule has 1 heterocycles. The Hall–Kier alpha value is -2.45. The van der Waals surface area contributed by atoms with E-state index < -0.39 is 33.7 Å². The molecule has 2 amide bonds. The molecule has 2 aromatic carbocycles. The molecule has 0 radical (unpaired) electrons. The third-order valence-electron chi connectivity index (χ3n) is 3.95. The van der Waals surface area contributed by atoms with Crippen LogP contribution in [0.1, 0.15) is 12.8 Å². The summed E-state index contributed by atoms with van der Waals surface area (Å²) in [6.07, 6.45) is -0.00217. The van der Waals surface area contributed by atoms with E-state index in [2.05, 4.69) is 5.32 Å². The molecule has 1 aliphatic rings. The lowest BCUT2D eigenvalue weighted by molar-refractivity contribution is -0.128. The molecular formula is C17H14ClFN2O4S. The molecule has 1 atom stereocenters. The van der Waals surface area contributed by atoms with Crippen LogP contribution < -0.4 is 5.32 Å². The van der Waals surface area contributed by atoms with Crippen LogP contribution in [0.15, 0.2) is 53.4 Å². The molecule has 0 saturated carbocycles. The second-order valence-corrected chi connectivity index (χ2v) is 7.95. The number of nitrogens with zero attached hydrogens (tertiary/aromatic N) is 1. The van der Waals surface area contributed by atoms with Crippen molar-refractivity contribution in [3.05, 3.63) is 59.4 Å². The van der Waals surface area contributed by atoms with Gasteiger partial charge in [0.25, 0.3) is 10.0 Å². The van der Waals surface area contributed by atoms with Crippen LogP contribution in [0.2, 0.25) is 5.02 Å². The van der Waals surface area contributed by atoms with Gasteiger partial charge in [-0.05, 0) is 55.0 Å². The Labute approximate surface area is 154 Å². The summed E-state index contributed by atoms with van der Waals surface area (Å²) in [6.45, 7) is 0. The maximum atomic E-state index is 13.1. The van der Waals surface area contributed by atoms with Gasteiger partial charge in [-0.2, -0.15) is 0 Å². The fraction of sp³-hybridized carbons (Fsp3) is 0.176. The van der Waals surface area contributed by atoms with Gasteiger partial charge in [-0.25, -0.2) is 17.1 Å². The first-order chi connectivity index (χ1) is 12.3. The predicted molar refractivity (Wildman–Crippen MR) is 93.5 cm³/mol. The number of amides is 2. The Morgan fingerprint density at radius 1 is 1.12 bits per heavy atom. The molecule has 136 valence electrons. The van der Waals surface area contributed by atoms with E-state index in [1.165, 1.54) is 0 Å². The molecule has 26 heavy (non-hydrogen) atoms. The summed E-state index contributed by atoms with van der Waals surface area (Å²) < 4.78 is 39.1. The summed E-state index contributed by atoms with van der Waals surface area (Å²) >= 11 is 5.78. The number of hydrogen-bond donors (Lipinski definition) is 1. The SMILES string of the molecule is O=C(Nc1ccc(Cl)cc1)[C@H]1CCC(=O)N1S(=O)(=O)c1ccc(F)cc1. The fourth-order valence-electron chi connectivity index (χ4n) is 2.68. The Morgan fingerprint density at radius 2 is 1.73 bits per heavy atom. The van der Waals surface area contributed by atoms with Crippen LogP contribution in [0.4, 0.5) is 10.1 Å². The van der Waals surface area contributed by atoms with Gasteiger partial charge in [0.15, 0.2) is 0 Å². The molecule has 0 unspecified atom stereocenters. The van der Waals surface area contributed by atoms with Gasteiger partial charge < -0.3 is 5.32 Å². The number of carbonyl (C=O) groups excluding carboxylic acids is 2. The molecule has 0 aliphatic carbocycles. The van der Waals surface area contributed by atoms with Crippen LogP contribution in [-0.2, 0) is 19.6 Å². The van der Waals surface area contributed by atoms with Crippen LogP contribution in [0.3, 0.4) is 0 Å². The molecule has 2 aromatic rings. The Kier molecular flexibility index (Phi) is 4.97. The molecule has 6 nitrogen and oxygen atoms in total. The summed E-state index contributed by atoms with van der Waals surface area (Å²) in [4.78, 5) is 24.4. The van der Waals surface area contributed by atoms with Gasteiger partial charge in [0, 0.05) is 17.1 Å². The summed E-state index contributed by atoms with van der Waals surface area (Å²) in [5, 5.41) is 3.06. The average molecular weight is 397 g/mol. The molecule has 0 bridgehead atoms. The lowest BCUT2D eigenvalue weighted by Crippen LogP contribution is -2.45. The predicted octanol–water partition coefficient (Wildman–Crippen LogP) is 2.80. The van der Waals surface area contributed by atoms with E-state index in [-0.39, 0.29) is 17.7 Å². The Morgan fingerprint density at radius 3 is 2.35 bits per heavy atom. The van der Waals surface area contributed by atoms with Crippen LogP contribution in [0.5, 0.6) is 0 Å². The highest BCUT2D eigenvalue weighted by Crippen LogP contribution is 2.28. The van der Waals surface area contributed by atoms with Crippen LogP contribution in [-0.4, -0.2) is 30.6 Å². The van der Waals surface area contributed by atoms with E-state index in [0.717, 1.165) is 24.3 Å². The van der Waals surface area contributed by atoms with Crippen molar-refractivity contribution in [3.63, 3.8) is 0 Å². The summed E-state index contributed by atoms with van der Waals surface area (Å²) in [6, 6.07) is 9.19. The molecule has 1 fully saturated rings. The number of anilines is 1. The van der Waals surface area contributed by atoms with Crippen molar-refractivity contribution in [2.24, 2.45) is 0 Å². The van der Waals surface area contributed by atoms with Gasteiger partial charge in [-0.3, -0.25) is 9.59 Å². The minimum Gasteiger partial charge on any atom is -0.324 e. The molecule has 1 aliphatic heterocycles. The van der Waals surface area contributed by atoms with Crippen molar-refractivity contribution < 1.29 is 22.4 Å². The number of rotatable bonds is 4. The molecule has 0 spiro atoms. The minimum absolute atomic E-state index is 0.0681. The van der Waals surface area contributed by atoms with Crippen molar-refractivity contribution in [2.45, 2.75) is 23.8 Å². The van der Waals surface area contributed by atoms with Crippen molar-refractivity contribution >= 4 is 39.1 Å². The third kappa shape index (κ3) is 3.56. The lowest BCUT2D eigenvalue weighted by Gasteiger charge is -2.23.